The van der Waals surface area contributed by atoms with Crippen LogP contribution >= 0.6 is 0 Å². The van der Waals surface area contributed by atoms with E-state index in [9.17, 15) is 4.79 Å². The molecule has 1 amide bonds. The summed E-state index contributed by atoms with van der Waals surface area (Å²) in [5.41, 5.74) is 0.306. The largest absolute Gasteiger partial charge is 0.343 e. The van der Waals surface area contributed by atoms with E-state index in [1.54, 1.807) is 12.4 Å². The van der Waals surface area contributed by atoms with Gasteiger partial charge in [0.05, 0.1) is 0 Å². The van der Waals surface area contributed by atoms with E-state index in [-0.39, 0.29) is 0 Å². The number of carbonyl (C=O) groups excluding carboxylic acids is 1. The Morgan fingerprint density at radius 2 is 1.72 bits per heavy atom. The molecule has 0 bridgehead atoms. The third-order valence-electron chi connectivity index (χ3n) is 5.54. The fourth-order valence-electron chi connectivity index (χ4n) is 3.64. The van der Waals surface area contributed by atoms with Crippen molar-refractivity contribution in [2.45, 2.75) is 39.5 Å². The van der Waals surface area contributed by atoms with Crippen LogP contribution < -0.4 is 4.90 Å². The van der Waals surface area contributed by atoms with E-state index in [1.165, 1.54) is 0 Å². The van der Waals surface area contributed by atoms with Crippen molar-refractivity contribution in [3.8, 4) is 0 Å². The van der Waals surface area contributed by atoms with E-state index in [4.69, 9.17) is 0 Å². The zero-order valence-electron chi connectivity index (χ0n) is 15.7. The molecule has 138 valence electrons. The minimum absolute atomic E-state index is 0.306. The Balaban J connectivity index is 1.38. The molecule has 0 atom stereocenters. The molecule has 2 aliphatic heterocycles. The van der Waals surface area contributed by atoms with Crippen LogP contribution in [0.2, 0.25) is 0 Å². The molecule has 0 radical (unpaired) electrons. The Hall–Kier alpha value is -1.69. The van der Waals surface area contributed by atoms with Crippen LogP contribution in [0.4, 0.5) is 5.95 Å². The van der Waals surface area contributed by atoms with E-state index in [0.29, 0.717) is 17.7 Å². The molecule has 6 nitrogen and oxygen atoms in total. The van der Waals surface area contributed by atoms with Crippen LogP contribution in [0, 0.1) is 5.41 Å². The lowest BCUT2D eigenvalue weighted by Gasteiger charge is -2.35. The SMILES string of the molecule is CC1(C)CCC(=O)N(CCCN2CCN(c3ncccn3)CC2)CC1. The minimum Gasteiger partial charge on any atom is -0.343 e. The highest BCUT2D eigenvalue weighted by Gasteiger charge is 2.27. The molecule has 0 spiro atoms. The number of carbonyl (C=O) groups is 1. The van der Waals surface area contributed by atoms with Crippen LogP contribution in [0.1, 0.15) is 39.5 Å². The number of likely N-dealkylation sites (tertiary alicyclic amines) is 1. The standard InChI is InChI=1S/C19H31N5O/c1-19(2)6-5-17(25)23(12-7-19)11-4-10-22-13-15-24(16-14-22)18-20-8-3-9-21-18/h3,8-9H,4-7,10-16H2,1-2H3. The second-order valence-corrected chi connectivity index (χ2v) is 8.03. The fraction of sp³-hybridized carbons (Fsp3) is 0.737. The maximum absolute atomic E-state index is 12.3. The van der Waals surface area contributed by atoms with Gasteiger partial charge in [0, 0.05) is 58.1 Å². The smallest absolute Gasteiger partial charge is 0.225 e. The zero-order valence-corrected chi connectivity index (χ0v) is 15.7. The van der Waals surface area contributed by atoms with Crippen molar-refractivity contribution in [2.24, 2.45) is 5.41 Å². The molecule has 0 unspecified atom stereocenters. The number of piperazine rings is 1. The van der Waals surface area contributed by atoms with Gasteiger partial charge in [0.2, 0.25) is 11.9 Å². The fourth-order valence-corrected chi connectivity index (χ4v) is 3.64. The van der Waals surface area contributed by atoms with Crippen molar-refractivity contribution in [3.63, 3.8) is 0 Å². The van der Waals surface area contributed by atoms with E-state index in [2.05, 4.69) is 38.5 Å². The third kappa shape index (κ3) is 5.14. The molecule has 1 aromatic rings. The lowest BCUT2D eigenvalue weighted by Crippen LogP contribution is -2.47. The quantitative estimate of drug-likeness (QED) is 0.817. The summed E-state index contributed by atoms with van der Waals surface area (Å²) in [5.74, 6) is 1.18. The second kappa shape index (κ2) is 8.13. The second-order valence-electron chi connectivity index (χ2n) is 8.03. The van der Waals surface area contributed by atoms with Gasteiger partial charge in [-0.1, -0.05) is 13.8 Å². The first-order chi connectivity index (χ1) is 12.0. The summed E-state index contributed by atoms with van der Waals surface area (Å²) in [6.07, 6.45) is 7.51. The molecule has 0 saturated carbocycles. The van der Waals surface area contributed by atoms with Crippen molar-refractivity contribution in [1.82, 2.24) is 19.8 Å². The number of anilines is 1. The topological polar surface area (TPSA) is 52.6 Å². The number of hydrogen-bond acceptors (Lipinski definition) is 5. The molecular weight excluding hydrogens is 314 g/mol. The highest BCUT2D eigenvalue weighted by Crippen LogP contribution is 2.30. The Morgan fingerprint density at radius 1 is 1.00 bits per heavy atom. The van der Waals surface area contributed by atoms with Gasteiger partial charge in [-0.2, -0.15) is 0 Å². The van der Waals surface area contributed by atoms with Crippen LogP contribution in [-0.2, 0) is 4.79 Å². The van der Waals surface area contributed by atoms with E-state index >= 15 is 0 Å². The minimum atomic E-state index is 0.306. The Bertz CT molecular complexity index is 554. The van der Waals surface area contributed by atoms with Crippen LogP contribution in [0.3, 0.4) is 0 Å². The molecule has 3 heterocycles. The summed E-state index contributed by atoms with van der Waals surface area (Å²) in [6, 6.07) is 1.85. The first kappa shape index (κ1) is 18.1. The molecule has 0 aliphatic carbocycles. The van der Waals surface area contributed by atoms with Gasteiger partial charge < -0.3 is 9.80 Å². The first-order valence-electron chi connectivity index (χ1n) is 9.56. The van der Waals surface area contributed by atoms with E-state index in [0.717, 1.165) is 71.0 Å². The van der Waals surface area contributed by atoms with Crippen molar-refractivity contribution in [3.05, 3.63) is 18.5 Å². The molecule has 0 aromatic carbocycles. The molecule has 6 heteroatoms. The summed E-state index contributed by atoms with van der Waals surface area (Å²) in [4.78, 5) is 27.8. The molecular formula is C19H31N5O. The maximum Gasteiger partial charge on any atom is 0.225 e. The van der Waals surface area contributed by atoms with Gasteiger partial charge in [0.1, 0.15) is 0 Å². The molecule has 0 N–H and O–H groups in total. The van der Waals surface area contributed by atoms with Crippen LogP contribution in [0.25, 0.3) is 0 Å². The van der Waals surface area contributed by atoms with Crippen LogP contribution in [-0.4, -0.2) is 71.5 Å². The molecule has 2 saturated heterocycles. The van der Waals surface area contributed by atoms with Crippen molar-refractivity contribution in [2.75, 3.05) is 50.7 Å². The maximum atomic E-state index is 12.3. The third-order valence-corrected chi connectivity index (χ3v) is 5.54. The molecule has 25 heavy (non-hydrogen) atoms. The summed E-state index contributed by atoms with van der Waals surface area (Å²) >= 11 is 0. The van der Waals surface area contributed by atoms with E-state index in [1.807, 2.05) is 6.07 Å². The summed E-state index contributed by atoms with van der Waals surface area (Å²) < 4.78 is 0. The number of hydrogen-bond donors (Lipinski definition) is 0. The highest BCUT2D eigenvalue weighted by atomic mass is 16.2. The monoisotopic (exact) mass is 345 g/mol. The summed E-state index contributed by atoms with van der Waals surface area (Å²) in [6.45, 7) is 11.5. The lowest BCUT2D eigenvalue weighted by molar-refractivity contribution is -0.130. The predicted molar refractivity (Wildman–Crippen MR) is 99.5 cm³/mol. The average Bonchev–Trinajstić information content (AvgIpc) is 2.76. The van der Waals surface area contributed by atoms with Gasteiger partial charge in [-0.15, -0.1) is 0 Å². The Labute approximate surface area is 151 Å². The van der Waals surface area contributed by atoms with Crippen molar-refractivity contribution in [1.29, 1.82) is 0 Å². The number of rotatable bonds is 5. The van der Waals surface area contributed by atoms with E-state index < -0.39 is 0 Å². The summed E-state index contributed by atoms with van der Waals surface area (Å²) in [5, 5.41) is 0. The first-order valence-corrected chi connectivity index (χ1v) is 9.56. The van der Waals surface area contributed by atoms with Crippen LogP contribution in [0.15, 0.2) is 18.5 Å². The van der Waals surface area contributed by atoms with Gasteiger partial charge in [0.25, 0.3) is 0 Å². The number of amides is 1. The molecule has 2 aliphatic rings. The van der Waals surface area contributed by atoms with Crippen molar-refractivity contribution < 1.29 is 4.79 Å². The van der Waals surface area contributed by atoms with Gasteiger partial charge >= 0.3 is 0 Å². The summed E-state index contributed by atoms with van der Waals surface area (Å²) in [7, 11) is 0. The highest BCUT2D eigenvalue weighted by molar-refractivity contribution is 5.76. The van der Waals surface area contributed by atoms with Gasteiger partial charge in [-0.05, 0) is 37.3 Å². The molecule has 1 aromatic heterocycles. The molecule has 2 fully saturated rings. The number of aromatic nitrogens is 2. The lowest BCUT2D eigenvalue weighted by atomic mass is 9.85. The van der Waals surface area contributed by atoms with Crippen LogP contribution in [0.5, 0.6) is 0 Å². The Kier molecular flexibility index (Phi) is 5.89. The van der Waals surface area contributed by atoms with Gasteiger partial charge in [-0.25, -0.2) is 9.97 Å². The predicted octanol–water partition coefficient (Wildman–Crippen LogP) is 2.03. The zero-order chi connectivity index (χ0) is 17.7. The molecule has 3 rings (SSSR count). The van der Waals surface area contributed by atoms with Gasteiger partial charge in [0.15, 0.2) is 0 Å². The average molecular weight is 345 g/mol. The normalized spacial score (nSPS) is 22.1. The Morgan fingerprint density at radius 3 is 2.44 bits per heavy atom. The van der Waals surface area contributed by atoms with Gasteiger partial charge in [-0.3, -0.25) is 9.69 Å². The van der Waals surface area contributed by atoms with Crippen molar-refractivity contribution >= 4 is 11.9 Å². The number of nitrogens with zero attached hydrogens (tertiary/aromatic N) is 5.